The first-order valence-corrected chi connectivity index (χ1v) is 12.6. The second kappa shape index (κ2) is 9.30. The molecule has 3 N–H and O–H groups in total. The number of nitrogens with one attached hydrogen (secondary N) is 1. The molecule has 0 fully saturated rings. The van der Waals surface area contributed by atoms with Gasteiger partial charge in [-0.25, -0.2) is 5.43 Å². The third kappa shape index (κ3) is 4.26. The molecule has 0 saturated carbocycles. The van der Waals surface area contributed by atoms with Gasteiger partial charge < -0.3 is 15.6 Å². The number of hydrogen-bond donors (Lipinski definition) is 2. The number of hydrazine groups is 1. The molecule has 2 aliphatic heterocycles. The molecule has 0 radical (unpaired) electrons. The van der Waals surface area contributed by atoms with Crippen LogP contribution in [0.2, 0.25) is 0 Å². The number of carbonyl (C=O) groups is 1. The second-order valence-electron chi connectivity index (χ2n) is 7.81. The van der Waals surface area contributed by atoms with Crippen LogP contribution in [-0.2, 0) is 13.0 Å². The number of nitrogens with zero attached hydrogens (tertiary/aromatic N) is 2. The number of nitrogens with two attached hydrogens (primary N) is 1. The van der Waals surface area contributed by atoms with Crippen LogP contribution >= 0.6 is 34.4 Å². The molecule has 0 aromatic heterocycles. The van der Waals surface area contributed by atoms with E-state index < -0.39 is 0 Å². The molecule has 0 spiro atoms. The number of fused-ring (bicyclic) bond motifs is 1. The quantitative estimate of drug-likeness (QED) is 0.534. The Balaban J connectivity index is 1.59. The van der Waals surface area contributed by atoms with E-state index in [0.29, 0.717) is 13.1 Å². The maximum absolute atomic E-state index is 13.1. The van der Waals surface area contributed by atoms with Crippen LogP contribution in [0.4, 0.5) is 0 Å². The van der Waals surface area contributed by atoms with Crippen molar-refractivity contribution in [1.29, 1.82) is 0 Å². The van der Waals surface area contributed by atoms with Crippen molar-refractivity contribution in [1.82, 2.24) is 15.3 Å². The number of hydrogen-bond acceptors (Lipinski definition) is 5. The van der Waals surface area contributed by atoms with E-state index in [1.54, 1.807) is 0 Å². The summed E-state index contributed by atoms with van der Waals surface area (Å²) in [6.07, 6.45) is 2.90. The van der Waals surface area contributed by atoms with Gasteiger partial charge in [-0.1, -0.05) is 18.2 Å². The van der Waals surface area contributed by atoms with E-state index >= 15 is 0 Å². The van der Waals surface area contributed by atoms with E-state index in [0.717, 1.165) is 29.8 Å². The van der Waals surface area contributed by atoms with E-state index in [9.17, 15) is 4.79 Å². The molecule has 0 aliphatic carbocycles. The summed E-state index contributed by atoms with van der Waals surface area (Å²) in [5.41, 5.74) is 16.4. The molecule has 2 heterocycles. The fourth-order valence-corrected chi connectivity index (χ4v) is 5.54. The Morgan fingerprint density at radius 2 is 2.10 bits per heavy atom. The first kappa shape index (κ1) is 21.7. The van der Waals surface area contributed by atoms with Gasteiger partial charge in [0.15, 0.2) is 0 Å². The number of thioether (sulfide) groups is 1. The van der Waals surface area contributed by atoms with Crippen molar-refractivity contribution < 1.29 is 4.79 Å². The Hall–Kier alpha value is -1.55. The number of halogens is 1. The molecule has 2 aromatic carbocycles. The summed E-state index contributed by atoms with van der Waals surface area (Å²) in [4.78, 5) is 15.1. The van der Waals surface area contributed by atoms with Crippen molar-refractivity contribution in [3.05, 3.63) is 73.9 Å². The van der Waals surface area contributed by atoms with Crippen LogP contribution in [0.15, 0.2) is 48.0 Å². The Kier molecular flexibility index (Phi) is 6.72. The molecular weight excluding hydrogens is 507 g/mol. The molecule has 158 valence electrons. The highest BCUT2D eigenvalue weighted by Crippen LogP contribution is 2.32. The number of amides is 1. The Morgan fingerprint density at radius 3 is 2.83 bits per heavy atom. The van der Waals surface area contributed by atoms with Gasteiger partial charge in [0.2, 0.25) is 0 Å². The van der Waals surface area contributed by atoms with Crippen LogP contribution in [0, 0.1) is 3.57 Å². The van der Waals surface area contributed by atoms with Crippen molar-refractivity contribution in [2.45, 2.75) is 19.0 Å². The molecule has 30 heavy (non-hydrogen) atoms. The predicted octanol–water partition coefficient (Wildman–Crippen LogP) is 3.34. The number of carbonyl (C=O) groups excluding carboxylic acids is 1. The molecule has 5 nitrogen and oxygen atoms in total. The monoisotopic (exact) mass is 534 g/mol. The van der Waals surface area contributed by atoms with Gasteiger partial charge in [-0.2, -0.15) is 11.8 Å². The molecule has 0 unspecified atom stereocenters. The summed E-state index contributed by atoms with van der Waals surface area (Å²) in [5.74, 6) is 1.09. The minimum atomic E-state index is -0.00589. The van der Waals surface area contributed by atoms with Crippen molar-refractivity contribution in [2.24, 2.45) is 5.73 Å². The van der Waals surface area contributed by atoms with Crippen molar-refractivity contribution in [3.63, 3.8) is 0 Å². The second-order valence-corrected chi connectivity index (χ2v) is 9.92. The smallest absolute Gasteiger partial charge is 0.254 e. The summed E-state index contributed by atoms with van der Waals surface area (Å²) in [6, 6.07) is 14.7. The molecule has 7 heteroatoms. The maximum Gasteiger partial charge on any atom is 0.254 e. The van der Waals surface area contributed by atoms with E-state index in [-0.39, 0.29) is 11.9 Å². The molecule has 2 aliphatic rings. The summed E-state index contributed by atoms with van der Waals surface area (Å²) < 4.78 is 1.20. The maximum atomic E-state index is 13.1. The SMILES string of the molecule is CSCC1=C(c2ccc3c(c2)CN([C@H](CN)Cc2cccc(I)c2)C3=O)N(C)NC1. The molecule has 0 bridgehead atoms. The summed E-state index contributed by atoms with van der Waals surface area (Å²) in [5, 5.41) is 2.10. The molecule has 2 aromatic rings. The predicted molar refractivity (Wildman–Crippen MR) is 133 cm³/mol. The lowest BCUT2D eigenvalue weighted by Crippen LogP contribution is -2.42. The zero-order valence-electron chi connectivity index (χ0n) is 17.3. The van der Waals surface area contributed by atoms with Crippen LogP contribution in [0.5, 0.6) is 0 Å². The molecule has 1 amide bonds. The van der Waals surface area contributed by atoms with Gasteiger partial charge in [-0.15, -0.1) is 0 Å². The zero-order valence-corrected chi connectivity index (χ0v) is 20.3. The highest BCUT2D eigenvalue weighted by atomic mass is 127. The highest BCUT2D eigenvalue weighted by molar-refractivity contribution is 14.1. The minimum absolute atomic E-state index is 0.00589. The topological polar surface area (TPSA) is 61.6 Å². The first-order chi connectivity index (χ1) is 14.5. The van der Waals surface area contributed by atoms with E-state index in [4.69, 9.17) is 5.73 Å². The third-order valence-corrected chi connectivity index (χ3v) is 7.11. The average molecular weight is 534 g/mol. The van der Waals surface area contributed by atoms with Crippen LogP contribution in [0.25, 0.3) is 5.70 Å². The Labute approximate surface area is 196 Å². The van der Waals surface area contributed by atoms with Crippen molar-refractivity contribution in [2.75, 3.05) is 32.1 Å². The normalized spacial score (nSPS) is 17.1. The van der Waals surface area contributed by atoms with Gasteiger partial charge in [-0.05, 0) is 81.8 Å². The lowest BCUT2D eigenvalue weighted by molar-refractivity contribution is 0.0708. The zero-order chi connectivity index (χ0) is 21.3. The standard InChI is InChI=1S/C23H27IN4OS/c1-27-22(18(12-26-27)14-30-2)16-6-7-21-17(10-16)13-28(23(21)29)20(11-25)9-15-4-3-5-19(24)8-15/h3-8,10,20,26H,9,11-14,25H2,1-2H3/t20-/m0/s1. The van der Waals surface area contributed by atoms with Gasteiger partial charge in [0.25, 0.3) is 5.91 Å². The van der Waals surface area contributed by atoms with Gasteiger partial charge in [-0.3, -0.25) is 4.79 Å². The van der Waals surface area contributed by atoms with Gasteiger partial charge in [0.05, 0.1) is 5.70 Å². The molecule has 4 rings (SSSR count). The fourth-order valence-electron chi connectivity index (χ4n) is 4.35. The minimum Gasteiger partial charge on any atom is -0.330 e. The third-order valence-electron chi connectivity index (χ3n) is 5.80. The number of benzene rings is 2. The average Bonchev–Trinajstić information content (AvgIpc) is 3.26. The van der Waals surface area contributed by atoms with Crippen molar-refractivity contribution >= 4 is 46.0 Å². The van der Waals surface area contributed by atoms with Gasteiger partial charge >= 0.3 is 0 Å². The van der Waals surface area contributed by atoms with E-state index in [2.05, 4.69) is 82.7 Å². The Morgan fingerprint density at radius 1 is 1.27 bits per heavy atom. The first-order valence-electron chi connectivity index (χ1n) is 10.1. The molecular formula is C23H27IN4OS. The van der Waals surface area contributed by atoms with Crippen LogP contribution < -0.4 is 11.2 Å². The van der Waals surface area contributed by atoms with Gasteiger partial charge in [0, 0.05) is 47.6 Å². The molecule has 1 atom stereocenters. The lowest BCUT2D eigenvalue weighted by atomic mass is 10.0. The lowest BCUT2D eigenvalue weighted by Gasteiger charge is -2.27. The van der Waals surface area contributed by atoms with E-state index in [1.807, 2.05) is 22.7 Å². The van der Waals surface area contributed by atoms with Crippen LogP contribution in [0.3, 0.4) is 0 Å². The summed E-state index contributed by atoms with van der Waals surface area (Å²) >= 11 is 4.15. The van der Waals surface area contributed by atoms with Crippen LogP contribution in [0.1, 0.15) is 27.0 Å². The van der Waals surface area contributed by atoms with Crippen LogP contribution in [-0.4, -0.2) is 54.0 Å². The van der Waals surface area contributed by atoms with Crippen molar-refractivity contribution in [3.8, 4) is 0 Å². The highest BCUT2D eigenvalue weighted by Gasteiger charge is 2.33. The van der Waals surface area contributed by atoms with Gasteiger partial charge in [0.1, 0.15) is 0 Å². The Bertz CT molecular complexity index is 993. The summed E-state index contributed by atoms with van der Waals surface area (Å²) in [6.45, 7) is 1.95. The fraction of sp³-hybridized carbons (Fsp3) is 0.348. The van der Waals surface area contributed by atoms with E-state index in [1.165, 1.54) is 26.0 Å². The summed E-state index contributed by atoms with van der Waals surface area (Å²) in [7, 11) is 2.05. The molecule has 0 saturated heterocycles. The largest absolute Gasteiger partial charge is 0.330 e. The number of rotatable bonds is 7.